The van der Waals surface area contributed by atoms with E-state index >= 15 is 0 Å². The van der Waals surface area contributed by atoms with Gasteiger partial charge in [-0.05, 0) is 49.2 Å². The van der Waals surface area contributed by atoms with Crippen molar-refractivity contribution in [1.82, 2.24) is 0 Å². The highest BCUT2D eigenvalue weighted by atomic mass is 16.7. The lowest BCUT2D eigenvalue weighted by Gasteiger charge is -2.18. The molecule has 0 unspecified atom stereocenters. The number of aryl methyl sites for hydroxylation is 2. The van der Waals surface area contributed by atoms with Crippen molar-refractivity contribution in [2.75, 3.05) is 20.0 Å². The molecule has 0 aliphatic carbocycles. The SMILES string of the molecule is CC.CC.Cc1ccc2c(c1)OCCO2.Cc1ccc2c(c1)OCO2. The first-order valence-corrected chi connectivity index (χ1v) is 8.95. The van der Waals surface area contributed by atoms with Gasteiger partial charge >= 0.3 is 0 Å². The summed E-state index contributed by atoms with van der Waals surface area (Å²) < 4.78 is 21.0. The van der Waals surface area contributed by atoms with Crippen molar-refractivity contribution < 1.29 is 18.9 Å². The largest absolute Gasteiger partial charge is 0.486 e. The lowest BCUT2D eigenvalue weighted by atomic mass is 10.2. The first-order valence-electron chi connectivity index (χ1n) is 8.95. The number of ether oxygens (including phenoxy) is 4. The molecule has 0 N–H and O–H groups in total. The van der Waals surface area contributed by atoms with Crippen molar-refractivity contribution in [1.29, 1.82) is 0 Å². The first kappa shape index (κ1) is 20.7. The molecule has 0 radical (unpaired) electrons. The van der Waals surface area contributed by atoms with Crippen molar-refractivity contribution in [3.63, 3.8) is 0 Å². The maximum absolute atomic E-state index is 5.38. The van der Waals surface area contributed by atoms with Crippen LogP contribution in [-0.4, -0.2) is 20.0 Å². The maximum Gasteiger partial charge on any atom is 0.231 e. The molecule has 2 aliphatic heterocycles. The number of benzene rings is 2. The third-order valence-corrected chi connectivity index (χ3v) is 3.23. The van der Waals surface area contributed by atoms with Crippen molar-refractivity contribution in [3.8, 4) is 23.0 Å². The molecule has 0 atom stereocenters. The second-order valence-electron chi connectivity index (χ2n) is 5.00. The summed E-state index contributed by atoms with van der Waals surface area (Å²) in [5.41, 5.74) is 2.40. The first-order chi connectivity index (χ1) is 12.2. The predicted molar refractivity (Wildman–Crippen MR) is 102 cm³/mol. The summed E-state index contributed by atoms with van der Waals surface area (Å²) >= 11 is 0. The molecule has 0 saturated carbocycles. The van der Waals surface area contributed by atoms with Crippen LogP contribution in [0.15, 0.2) is 36.4 Å². The van der Waals surface area contributed by atoms with Crippen LogP contribution in [-0.2, 0) is 0 Å². The Bertz CT molecular complexity index is 638. The lowest BCUT2D eigenvalue weighted by Crippen LogP contribution is -2.15. The average molecular weight is 346 g/mol. The van der Waals surface area contributed by atoms with Crippen LogP contribution in [0.5, 0.6) is 23.0 Å². The number of fused-ring (bicyclic) bond motifs is 2. The van der Waals surface area contributed by atoms with E-state index < -0.39 is 0 Å². The third-order valence-electron chi connectivity index (χ3n) is 3.23. The molecular formula is C21H30O4. The molecule has 2 aliphatic rings. The molecule has 4 heteroatoms. The van der Waals surface area contributed by atoms with Gasteiger partial charge in [0.25, 0.3) is 0 Å². The van der Waals surface area contributed by atoms with Gasteiger partial charge < -0.3 is 18.9 Å². The van der Waals surface area contributed by atoms with Crippen LogP contribution >= 0.6 is 0 Å². The van der Waals surface area contributed by atoms with Crippen LogP contribution < -0.4 is 18.9 Å². The average Bonchev–Trinajstić information content (AvgIpc) is 3.13. The summed E-state index contributed by atoms with van der Waals surface area (Å²) in [6.45, 7) is 13.8. The summed E-state index contributed by atoms with van der Waals surface area (Å²) in [6, 6.07) is 11.9. The van der Waals surface area contributed by atoms with Crippen molar-refractivity contribution in [3.05, 3.63) is 47.5 Å². The van der Waals surface area contributed by atoms with E-state index in [0.717, 1.165) is 23.0 Å². The molecular weight excluding hydrogens is 316 g/mol. The zero-order valence-electron chi connectivity index (χ0n) is 16.2. The van der Waals surface area contributed by atoms with E-state index in [2.05, 4.69) is 0 Å². The second-order valence-corrected chi connectivity index (χ2v) is 5.00. The van der Waals surface area contributed by atoms with Crippen molar-refractivity contribution in [2.24, 2.45) is 0 Å². The Labute approximate surface area is 151 Å². The number of rotatable bonds is 0. The Morgan fingerprint density at radius 1 is 0.560 bits per heavy atom. The molecule has 4 rings (SSSR count). The number of hydrogen-bond acceptors (Lipinski definition) is 4. The van der Waals surface area contributed by atoms with E-state index in [0.29, 0.717) is 20.0 Å². The molecule has 4 nitrogen and oxygen atoms in total. The van der Waals surface area contributed by atoms with E-state index in [1.807, 2.05) is 77.9 Å². The Hall–Kier alpha value is -2.36. The van der Waals surface area contributed by atoms with Crippen LogP contribution in [0.25, 0.3) is 0 Å². The molecule has 0 fully saturated rings. The van der Waals surface area contributed by atoms with Gasteiger partial charge in [0.15, 0.2) is 23.0 Å². The Morgan fingerprint density at radius 2 is 0.960 bits per heavy atom. The lowest BCUT2D eigenvalue weighted by molar-refractivity contribution is 0.171. The van der Waals surface area contributed by atoms with Gasteiger partial charge in [0.1, 0.15) is 13.2 Å². The van der Waals surface area contributed by atoms with Crippen LogP contribution in [0, 0.1) is 13.8 Å². The zero-order valence-corrected chi connectivity index (χ0v) is 16.2. The van der Waals surface area contributed by atoms with Gasteiger partial charge in [-0.3, -0.25) is 0 Å². The van der Waals surface area contributed by atoms with Crippen LogP contribution in [0.4, 0.5) is 0 Å². The zero-order chi connectivity index (χ0) is 18.7. The second kappa shape index (κ2) is 11.2. The summed E-state index contributed by atoms with van der Waals surface area (Å²) in [4.78, 5) is 0. The molecule has 2 aromatic rings. The van der Waals surface area contributed by atoms with E-state index in [1.165, 1.54) is 11.1 Å². The molecule has 0 aromatic heterocycles. The van der Waals surface area contributed by atoms with E-state index in [4.69, 9.17) is 18.9 Å². The fourth-order valence-corrected chi connectivity index (χ4v) is 2.15. The highest BCUT2D eigenvalue weighted by molar-refractivity contribution is 5.44. The standard InChI is InChI=1S/C9H10O2.C8H8O2.2C2H6/c1-7-2-3-8-9(6-7)11-5-4-10-8;1-6-2-3-7-8(4-6)10-5-9-7;2*1-2/h2-3,6H,4-5H2,1H3;2-4H,5H2,1H3;2*1-2H3. The molecule has 138 valence electrons. The van der Waals surface area contributed by atoms with Crippen LogP contribution in [0.2, 0.25) is 0 Å². The summed E-state index contributed by atoms with van der Waals surface area (Å²) in [6.07, 6.45) is 0. The van der Waals surface area contributed by atoms with Crippen molar-refractivity contribution >= 4 is 0 Å². The van der Waals surface area contributed by atoms with Crippen molar-refractivity contribution in [2.45, 2.75) is 41.5 Å². The van der Waals surface area contributed by atoms with E-state index in [-0.39, 0.29) is 0 Å². The summed E-state index contributed by atoms with van der Waals surface area (Å²) in [5.74, 6) is 3.45. The third kappa shape index (κ3) is 6.22. The minimum Gasteiger partial charge on any atom is -0.486 e. The van der Waals surface area contributed by atoms with E-state index in [9.17, 15) is 0 Å². The molecule has 0 amide bonds. The minimum absolute atomic E-state index is 0.360. The predicted octanol–water partition coefficient (Wildman–Crippen LogP) is 5.54. The molecule has 0 spiro atoms. The Balaban J connectivity index is 0.000000210. The normalized spacial score (nSPS) is 12.4. The number of hydrogen-bond donors (Lipinski definition) is 0. The molecule has 25 heavy (non-hydrogen) atoms. The van der Waals surface area contributed by atoms with Gasteiger partial charge in [-0.1, -0.05) is 39.8 Å². The van der Waals surface area contributed by atoms with Gasteiger partial charge in [-0.15, -0.1) is 0 Å². The highest BCUT2D eigenvalue weighted by Gasteiger charge is 2.11. The smallest absolute Gasteiger partial charge is 0.231 e. The fourth-order valence-electron chi connectivity index (χ4n) is 2.15. The van der Waals surface area contributed by atoms with Gasteiger partial charge in [0.05, 0.1) is 0 Å². The molecule has 0 saturated heterocycles. The quantitative estimate of drug-likeness (QED) is 0.627. The monoisotopic (exact) mass is 346 g/mol. The highest BCUT2D eigenvalue weighted by Crippen LogP contribution is 2.32. The van der Waals surface area contributed by atoms with Gasteiger partial charge in [-0.25, -0.2) is 0 Å². The van der Waals surface area contributed by atoms with Crippen LogP contribution in [0.1, 0.15) is 38.8 Å². The van der Waals surface area contributed by atoms with Gasteiger partial charge in [-0.2, -0.15) is 0 Å². The maximum atomic E-state index is 5.38. The minimum atomic E-state index is 0.360. The van der Waals surface area contributed by atoms with Gasteiger partial charge in [0.2, 0.25) is 6.79 Å². The topological polar surface area (TPSA) is 36.9 Å². The van der Waals surface area contributed by atoms with Gasteiger partial charge in [0, 0.05) is 0 Å². The molecule has 2 heterocycles. The Kier molecular flexibility index (Phi) is 9.30. The van der Waals surface area contributed by atoms with E-state index in [1.54, 1.807) is 0 Å². The Morgan fingerprint density at radius 3 is 1.52 bits per heavy atom. The fraction of sp³-hybridized carbons (Fsp3) is 0.429. The summed E-state index contributed by atoms with van der Waals surface area (Å²) in [7, 11) is 0. The summed E-state index contributed by atoms with van der Waals surface area (Å²) in [5, 5.41) is 0. The van der Waals surface area contributed by atoms with Crippen LogP contribution in [0.3, 0.4) is 0 Å². The molecule has 2 aromatic carbocycles. The molecule has 0 bridgehead atoms.